The molecule has 1 N–H and O–H groups in total. The third-order valence-electron chi connectivity index (χ3n) is 3.12. The van der Waals surface area contributed by atoms with E-state index in [1.54, 1.807) is 6.07 Å². The van der Waals surface area contributed by atoms with Crippen molar-refractivity contribution in [2.75, 3.05) is 5.32 Å². The van der Waals surface area contributed by atoms with Crippen molar-refractivity contribution in [1.29, 1.82) is 0 Å². The highest BCUT2D eigenvalue weighted by atomic mass is 79.9. The van der Waals surface area contributed by atoms with Crippen LogP contribution in [-0.4, -0.2) is 10.9 Å². The molecule has 118 valence electrons. The number of benzene rings is 1. The van der Waals surface area contributed by atoms with Crippen LogP contribution < -0.4 is 5.32 Å². The van der Waals surface area contributed by atoms with Gasteiger partial charge in [-0.15, -0.1) is 0 Å². The third-order valence-corrected chi connectivity index (χ3v) is 3.54. The molecule has 2 aromatic heterocycles. The topological polar surface area (TPSA) is 55.1 Å². The average molecular weight is 385 g/mol. The van der Waals surface area contributed by atoms with Gasteiger partial charge in [-0.1, -0.05) is 6.07 Å². The van der Waals surface area contributed by atoms with Crippen molar-refractivity contribution in [2.45, 2.75) is 6.18 Å². The molecule has 0 spiro atoms. The van der Waals surface area contributed by atoms with E-state index in [0.29, 0.717) is 15.7 Å². The molecule has 0 aliphatic heterocycles. The summed E-state index contributed by atoms with van der Waals surface area (Å²) in [6, 6.07) is 7.71. The van der Waals surface area contributed by atoms with Gasteiger partial charge in [-0.05, 0) is 46.3 Å². The van der Waals surface area contributed by atoms with Crippen molar-refractivity contribution in [3.8, 4) is 0 Å². The number of hydrogen-bond acceptors (Lipinski definition) is 3. The molecule has 0 saturated carbocycles. The molecule has 0 fully saturated rings. The molecule has 0 bridgehead atoms. The van der Waals surface area contributed by atoms with Gasteiger partial charge in [0, 0.05) is 11.6 Å². The highest BCUT2D eigenvalue weighted by molar-refractivity contribution is 9.10. The lowest BCUT2D eigenvalue weighted by Crippen LogP contribution is -2.11. The van der Waals surface area contributed by atoms with Gasteiger partial charge >= 0.3 is 6.18 Å². The Morgan fingerprint density at radius 1 is 1.17 bits per heavy atom. The Labute approximate surface area is 136 Å². The molecule has 1 aromatic carbocycles. The normalized spacial score (nSPS) is 11.7. The molecule has 0 saturated heterocycles. The third kappa shape index (κ3) is 3.21. The fourth-order valence-electron chi connectivity index (χ4n) is 2.05. The average Bonchev–Trinajstić information content (AvgIpc) is 2.93. The molecular weight excluding hydrogens is 377 g/mol. The number of nitrogens with zero attached hydrogens (tertiary/aromatic N) is 1. The van der Waals surface area contributed by atoms with Gasteiger partial charge in [0.25, 0.3) is 5.91 Å². The van der Waals surface area contributed by atoms with E-state index in [1.807, 2.05) is 0 Å². The van der Waals surface area contributed by atoms with Crippen molar-refractivity contribution < 1.29 is 22.4 Å². The summed E-state index contributed by atoms with van der Waals surface area (Å²) in [6.07, 6.45) is -3.12. The molecule has 3 rings (SSSR count). The van der Waals surface area contributed by atoms with Gasteiger partial charge in [-0.3, -0.25) is 9.78 Å². The number of rotatable bonds is 2. The molecule has 2 heterocycles. The van der Waals surface area contributed by atoms with Gasteiger partial charge in [0.05, 0.1) is 16.8 Å². The summed E-state index contributed by atoms with van der Waals surface area (Å²) >= 11 is 3.09. The maximum Gasteiger partial charge on any atom is 0.416 e. The number of pyridine rings is 1. The Hall–Kier alpha value is -2.35. The lowest BCUT2D eigenvalue weighted by atomic mass is 10.1. The van der Waals surface area contributed by atoms with E-state index in [-0.39, 0.29) is 11.3 Å². The van der Waals surface area contributed by atoms with Gasteiger partial charge in [0.2, 0.25) is 0 Å². The molecule has 0 radical (unpaired) electrons. The fraction of sp³-hybridized carbons (Fsp3) is 0.0667. The van der Waals surface area contributed by atoms with Crippen LogP contribution in [0.15, 0.2) is 51.7 Å². The van der Waals surface area contributed by atoms with E-state index in [2.05, 4.69) is 26.2 Å². The van der Waals surface area contributed by atoms with Gasteiger partial charge in [-0.2, -0.15) is 13.2 Å². The second-order valence-electron chi connectivity index (χ2n) is 4.65. The predicted molar refractivity (Wildman–Crippen MR) is 81.1 cm³/mol. The van der Waals surface area contributed by atoms with Crippen LogP contribution in [0.3, 0.4) is 0 Å². The summed E-state index contributed by atoms with van der Waals surface area (Å²) < 4.78 is 43.7. The summed E-state index contributed by atoms with van der Waals surface area (Å²) in [5.41, 5.74) is -0.310. The highest BCUT2D eigenvalue weighted by Crippen LogP contribution is 2.32. The molecule has 8 heteroatoms. The van der Waals surface area contributed by atoms with E-state index in [9.17, 15) is 18.0 Å². The number of carbonyl (C=O) groups is 1. The van der Waals surface area contributed by atoms with Gasteiger partial charge in [0.1, 0.15) is 0 Å². The Morgan fingerprint density at radius 2 is 1.96 bits per heavy atom. The van der Waals surface area contributed by atoms with Gasteiger partial charge < -0.3 is 9.73 Å². The number of furan rings is 1. The minimum Gasteiger partial charge on any atom is -0.444 e. The second kappa shape index (κ2) is 5.69. The number of nitrogens with one attached hydrogen (secondary N) is 1. The summed E-state index contributed by atoms with van der Waals surface area (Å²) in [4.78, 5) is 16.0. The van der Waals surface area contributed by atoms with Crippen molar-refractivity contribution >= 4 is 38.4 Å². The number of hydrogen-bond donors (Lipinski definition) is 1. The molecular formula is C15H8BrF3N2O2. The van der Waals surface area contributed by atoms with Crippen LogP contribution >= 0.6 is 15.9 Å². The smallest absolute Gasteiger partial charge is 0.416 e. The number of anilines is 1. The first-order valence-electron chi connectivity index (χ1n) is 6.37. The molecule has 3 aromatic rings. The van der Waals surface area contributed by atoms with Gasteiger partial charge in [0.15, 0.2) is 10.4 Å². The summed E-state index contributed by atoms with van der Waals surface area (Å²) in [5.74, 6) is -0.433. The van der Waals surface area contributed by atoms with Crippen LogP contribution in [0.25, 0.3) is 10.9 Å². The zero-order valence-corrected chi connectivity index (χ0v) is 12.9. The van der Waals surface area contributed by atoms with Crippen molar-refractivity contribution in [3.63, 3.8) is 0 Å². The van der Waals surface area contributed by atoms with Crippen LogP contribution in [0.4, 0.5) is 18.9 Å². The number of amides is 1. The monoisotopic (exact) mass is 384 g/mol. The van der Waals surface area contributed by atoms with Crippen LogP contribution in [0.5, 0.6) is 0 Å². The fourth-order valence-corrected chi connectivity index (χ4v) is 2.36. The first-order chi connectivity index (χ1) is 10.8. The number of alkyl halides is 3. The summed E-state index contributed by atoms with van der Waals surface area (Å²) in [6.45, 7) is 0. The SMILES string of the molecule is O=C(Nc1ccnc2cc(C(F)(F)F)ccc12)c1ccc(Br)o1. The molecule has 0 atom stereocenters. The molecule has 0 aliphatic carbocycles. The predicted octanol–water partition coefficient (Wildman–Crippen LogP) is 4.86. The van der Waals surface area contributed by atoms with E-state index < -0.39 is 17.6 Å². The first-order valence-corrected chi connectivity index (χ1v) is 7.16. The van der Waals surface area contributed by atoms with Crippen LogP contribution in [0.1, 0.15) is 16.1 Å². The molecule has 4 nitrogen and oxygen atoms in total. The minimum atomic E-state index is -4.45. The Balaban J connectivity index is 1.97. The number of fused-ring (bicyclic) bond motifs is 1. The summed E-state index contributed by atoms with van der Waals surface area (Å²) in [7, 11) is 0. The van der Waals surface area contributed by atoms with Gasteiger partial charge in [-0.25, -0.2) is 0 Å². The number of carbonyl (C=O) groups excluding carboxylic acids is 1. The zero-order valence-electron chi connectivity index (χ0n) is 11.3. The van der Waals surface area contributed by atoms with E-state index in [4.69, 9.17) is 4.42 Å². The molecule has 1 amide bonds. The van der Waals surface area contributed by atoms with E-state index >= 15 is 0 Å². The van der Waals surface area contributed by atoms with E-state index in [0.717, 1.165) is 12.1 Å². The van der Waals surface area contributed by atoms with E-state index in [1.165, 1.54) is 24.4 Å². The first kappa shape index (κ1) is 15.5. The lowest BCUT2D eigenvalue weighted by Gasteiger charge is -2.10. The molecule has 23 heavy (non-hydrogen) atoms. The quantitative estimate of drug-likeness (QED) is 0.686. The maximum atomic E-state index is 12.7. The Kier molecular flexibility index (Phi) is 3.85. The largest absolute Gasteiger partial charge is 0.444 e. The van der Waals surface area contributed by atoms with Crippen molar-refractivity contribution in [1.82, 2.24) is 4.98 Å². The van der Waals surface area contributed by atoms with Crippen molar-refractivity contribution in [3.05, 3.63) is 58.6 Å². The standard InChI is InChI=1S/C15H8BrF3N2O2/c16-13-4-3-12(23-13)14(22)21-10-5-6-20-11-7-8(15(17,18)19)1-2-9(10)11/h1-7H,(H,20,21,22). The van der Waals surface area contributed by atoms with Crippen LogP contribution in [0, 0.1) is 0 Å². The maximum absolute atomic E-state index is 12.7. The Morgan fingerprint density at radius 3 is 2.61 bits per heavy atom. The van der Waals surface area contributed by atoms with Crippen LogP contribution in [0.2, 0.25) is 0 Å². The number of halogens is 4. The van der Waals surface area contributed by atoms with Crippen LogP contribution in [-0.2, 0) is 6.18 Å². The lowest BCUT2D eigenvalue weighted by molar-refractivity contribution is -0.137. The number of aromatic nitrogens is 1. The Bertz CT molecular complexity index is 890. The zero-order chi connectivity index (χ0) is 16.6. The minimum absolute atomic E-state index is 0.0775. The summed E-state index contributed by atoms with van der Waals surface area (Å²) in [5, 5.41) is 3.00. The molecule has 0 aliphatic rings. The second-order valence-corrected chi connectivity index (χ2v) is 5.43. The molecule has 0 unspecified atom stereocenters. The van der Waals surface area contributed by atoms with Crippen molar-refractivity contribution in [2.24, 2.45) is 0 Å². The highest BCUT2D eigenvalue weighted by Gasteiger charge is 2.30.